The van der Waals surface area contributed by atoms with Crippen LogP contribution in [0.4, 0.5) is 4.79 Å². The van der Waals surface area contributed by atoms with Gasteiger partial charge in [0.15, 0.2) is 6.54 Å². The third kappa shape index (κ3) is 5.96. The van der Waals surface area contributed by atoms with Crippen molar-refractivity contribution in [1.82, 2.24) is 16.0 Å². The highest BCUT2D eigenvalue weighted by molar-refractivity contribution is 5.95. The zero-order chi connectivity index (χ0) is 22.1. The van der Waals surface area contributed by atoms with Crippen molar-refractivity contribution < 1.29 is 28.8 Å². The summed E-state index contributed by atoms with van der Waals surface area (Å²) in [6, 6.07) is 6.06. The number of likely N-dealkylation sites (N-methyl/N-ethyl adjacent to an activating group) is 2. The fourth-order valence-corrected chi connectivity index (χ4v) is 3.30. The fourth-order valence-electron chi connectivity index (χ4n) is 3.30. The molecule has 1 aliphatic rings. The second-order valence-corrected chi connectivity index (χ2v) is 6.83. The van der Waals surface area contributed by atoms with Gasteiger partial charge in [0.25, 0.3) is 5.91 Å². The number of amides is 3. The molecule has 4 N–H and O–H groups in total. The number of esters is 1. The second-order valence-electron chi connectivity index (χ2n) is 6.83. The molecule has 0 aromatic heterocycles. The van der Waals surface area contributed by atoms with Crippen LogP contribution >= 0.6 is 0 Å². The van der Waals surface area contributed by atoms with E-state index in [1.54, 1.807) is 38.3 Å². The molecule has 0 saturated carbocycles. The van der Waals surface area contributed by atoms with Gasteiger partial charge in [0.1, 0.15) is 12.3 Å². The summed E-state index contributed by atoms with van der Waals surface area (Å²) in [4.78, 5) is 38.2. The molecule has 2 rings (SSSR count). The van der Waals surface area contributed by atoms with Crippen molar-refractivity contribution in [2.24, 2.45) is 0 Å². The molecule has 0 radical (unpaired) electrons. The smallest absolute Gasteiger partial charge is 0.338 e. The number of benzene rings is 1. The third-order valence-corrected chi connectivity index (χ3v) is 4.81. The minimum atomic E-state index is -0.665. The number of rotatable bonds is 10. The average Bonchev–Trinajstić information content (AvgIpc) is 2.73. The standard InChI is InChI=1S/C21H30N4O5/c1-5-22-17(26)13-25(6-2)12-16-18(20(27)30-7-3)19(24-21(28)23-16)14-8-10-15(29-4)11-9-14/h8-11,19H,5-7,12-13H2,1-4H3,(H,22,26)(H2,23,24,28)/p+1/t19-/m0/s1. The zero-order valence-electron chi connectivity index (χ0n) is 18.0. The molecule has 3 amide bonds. The first-order valence-electron chi connectivity index (χ1n) is 10.1. The molecule has 164 valence electrons. The lowest BCUT2D eigenvalue weighted by atomic mass is 9.95. The summed E-state index contributed by atoms with van der Waals surface area (Å²) in [5, 5.41) is 8.33. The number of ether oxygens (including phenoxy) is 2. The maximum atomic E-state index is 12.8. The van der Waals surface area contributed by atoms with Crippen LogP contribution in [0, 0.1) is 0 Å². The topological polar surface area (TPSA) is 110 Å². The van der Waals surface area contributed by atoms with Crippen LogP contribution < -0.4 is 25.6 Å². The number of carbonyl (C=O) groups is 3. The average molecular weight is 420 g/mol. The third-order valence-electron chi connectivity index (χ3n) is 4.81. The summed E-state index contributed by atoms with van der Waals surface area (Å²) < 4.78 is 10.5. The van der Waals surface area contributed by atoms with Crippen molar-refractivity contribution >= 4 is 17.9 Å². The Kier molecular flexibility index (Phi) is 8.67. The first-order chi connectivity index (χ1) is 14.4. The Labute approximate surface area is 176 Å². The van der Waals surface area contributed by atoms with E-state index in [4.69, 9.17) is 9.47 Å². The van der Waals surface area contributed by atoms with Gasteiger partial charge in [0, 0.05) is 6.54 Å². The molecular formula is C21H31N4O5+. The summed E-state index contributed by atoms with van der Waals surface area (Å²) in [6.45, 7) is 7.49. The van der Waals surface area contributed by atoms with Gasteiger partial charge >= 0.3 is 12.0 Å². The predicted octanol–water partition coefficient (Wildman–Crippen LogP) is -0.0928. The monoisotopic (exact) mass is 419 g/mol. The zero-order valence-corrected chi connectivity index (χ0v) is 18.0. The number of hydrogen-bond acceptors (Lipinski definition) is 5. The van der Waals surface area contributed by atoms with Crippen LogP contribution in [0.1, 0.15) is 32.4 Å². The van der Waals surface area contributed by atoms with Gasteiger partial charge < -0.3 is 30.3 Å². The Morgan fingerprint density at radius 3 is 2.43 bits per heavy atom. The van der Waals surface area contributed by atoms with E-state index in [-0.39, 0.29) is 19.1 Å². The lowest BCUT2D eigenvalue weighted by Crippen LogP contribution is -3.13. The maximum Gasteiger partial charge on any atom is 0.338 e. The van der Waals surface area contributed by atoms with Crippen molar-refractivity contribution in [2.75, 3.05) is 39.9 Å². The highest BCUT2D eigenvalue weighted by Gasteiger charge is 2.35. The summed E-state index contributed by atoms with van der Waals surface area (Å²) in [7, 11) is 1.57. The molecule has 30 heavy (non-hydrogen) atoms. The molecular weight excluding hydrogens is 388 g/mol. The molecule has 1 unspecified atom stereocenters. The van der Waals surface area contributed by atoms with Crippen LogP contribution in [0.5, 0.6) is 5.75 Å². The van der Waals surface area contributed by atoms with Gasteiger partial charge in [-0.3, -0.25) is 4.79 Å². The Morgan fingerprint density at radius 2 is 1.87 bits per heavy atom. The number of carbonyl (C=O) groups excluding carboxylic acids is 3. The van der Waals surface area contributed by atoms with E-state index >= 15 is 0 Å². The molecule has 9 heteroatoms. The number of hydrogen-bond donors (Lipinski definition) is 4. The van der Waals surface area contributed by atoms with Crippen LogP contribution in [-0.2, 0) is 14.3 Å². The minimum absolute atomic E-state index is 0.0837. The van der Waals surface area contributed by atoms with E-state index in [0.29, 0.717) is 36.7 Å². The van der Waals surface area contributed by atoms with E-state index in [0.717, 1.165) is 10.5 Å². The summed E-state index contributed by atoms with van der Waals surface area (Å²) in [5.74, 6) is 0.0818. The Bertz CT molecular complexity index is 791. The Balaban J connectivity index is 2.41. The molecule has 9 nitrogen and oxygen atoms in total. The van der Waals surface area contributed by atoms with E-state index in [1.807, 2.05) is 13.8 Å². The van der Waals surface area contributed by atoms with Crippen LogP contribution in [0.2, 0.25) is 0 Å². The Hall–Kier alpha value is -3.07. The highest BCUT2D eigenvalue weighted by Crippen LogP contribution is 2.28. The molecule has 1 aliphatic heterocycles. The van der Waals surface area contributed by atoms with Crippen molar-refractivity contribution in [3.63, 3.8) is 0 Å². The lowest BCUT2D eigenvalue weighted by Gasteiger charge is -2.30. The minimum Gasteiger partial charge on any atom is -0.497 e. The van der Waals surface area contributed by atoms with Crippen LogP contribution in [-0.4, -0.2) is 57.8 Å². The first kappa shape index (κ1) is 23.2. The second kappa shape index (κ2) is 11.2. The van der Waals surface area contributed by atoms with Crippen molar-refractivity contribution in [3.05, 3.63) is 41.1 Å². The van der Waals surface area contributed by atoms with E-state index in [2.05, 4.69) is 16.0 Å². The number of quaternary nitrogens is 1. The van der Waals surface area contributed by atoms with Crippen LogP contribution in [0.15, 0.2) is 35.5 Å². The molecule has 2 atom stereocenters. The van der Waals surface area contributed by atoms with Crippen LogP contribution in [0.3, 0.4) is 0 Å². The molecule has 0 spiro atoms. The molecule has 0 aliphatic carbocycles. The number of nitrogens with one attached hydrogen (secondary N) is 4. The van der Waals surface area contributed by atoms with Gasteiger partial charge in [-0.05, 0) is 38.5 Å². The van der Waals surface area contributed by atoms with Gasteiger partial charge in [0.2, 0.25) is 0 Å². The summed E-state index contributed by atoms with van der Waals surface area (Å²) in [6.07, 6.45) is 0. The molecule has 1 aromatic rings. The van der Waals surface area contributed by atoms with Crippen molar-refractivity contribution in [3.8, 4) is 5.75 Å². The predicted molar refractivity (Wildman–Crippen MR) is 111 cm³/mol. The molecule has 1 aromatic carbocycles. The molecule has 0 bridgehead atoms. The van der Waals surface area contributed by atoms with Gasteiger partial charge in [0.05, 0.1) is 37.6 Å². The largest absolute Gasteiger partial charge is 0.497 e. The summed E-state index contributed by atoms with van der Waals surface area (Å²) >= 11 is 0. The quantitative estimate of drug-likeness (QED) is 0.396. The lowest BCUT2D eigenvalue weighted by molar-refractivity contribution is -0.885. The van der Waals surface area contributed by atoms with E-state index < -0.39 is 18.0 Å². The van der Waals surface area contributed by atoms with Gasteiger partial charge in [-0.25, -0.2) is 9.59 Å². The molecule has 0 saturated heterocycles. The van der Waals surface area contributed by atoms with Gasteiger partial charge in [-0.1, -0.05) is 12.1 Å². The van der Waals surface area contributed by atoms with E-state index in [1.165, 1.54) is 0 Å². The highest BCUT2D eigenvalue weighted by atomic mass is 16.5. The fraction of sp³-hybridized carbons (Fsp3) is 0.476. The number of methoxy groups -OCH3 is 1. The van der Waals surface area contributed by atoms with Crippen LogP contribution in [0.25, 0.3) is 0 Å². The number of urea groups is 1. The first-order valence-corrected chi connectivity index (χ1v) is 10.1. The van der Waals surface area contributed by atoms with Gasteiger partial charge in [-0.15, -0.1) is 0 Å². The van der Waals surface area contributed by atoms with E-state index in [9.17, 15) is 14.4 Å². The Morgan fingerprint density at radius 1 is 1.17 bits per heavy atom. The maximum absolute atomic E-state index is 12.8. The summed E-state index contributed by atoms with van der Waals surface area (Å²) in [5.41, 5.74) is 1.52. The normalized spacial score (nSPS) is 16.9. The van der Waals surface area contributed by atoms with Crippen molar-refractivity contribution in [1.29, 1.82) is 0 Å². The van der Waals surface area contributed by atoms with Gasteiger partial charge in [-0.2, -0.15) is 0 Å². The van der Waals surface area contributed by atoms with Crippen molar-refractivity contribution in [2.45, 2.75) is 26.8 Å². The SMILES string of the molecule is CCNC(=O)C[NH+](CC)CC1=C(C(=O)OCC)[C@H](c2ccc(OC)cc2)NC(=O)N1. The molecule has 0 fully saturated rings. The molecule has 1 heterocycles.